The summed E-state index contributed by atoms with van der Waals surface area (Å²) in [5.74, 6) is -1.06. The Morgan fingerprint density at radius 2 is 2.20 bits per heavy atom. The van der Waals surface area contributed by atoms with E-state index in [1.807, 2.05) is 25.1 Å². The highest BCUT2D eigenvalue weighted by atomic mass is 16.4. The normalized spacial score (nSPS) is 22.0. The van der Waals surface area contributed by atoms with E-state index in [0.29, 0.717) is 25.8 Å². The van der Waals surface area contributed by atoms with Gasteiger partial charge in [0.2, 0.25) is 5.91 Å². The molecule has 1 unspecified atom stereocenters. The molecule has 1 aliphatic rings. The lowest BCUT2D eigenvalue weighted by Gasteiger charge is -2.20. The molecule has 1 aliphatic heterocycles. The van der Waals surface area contributed by atoms with E-state index in [0.717, 1.165) is 5.56 Å². The zero-order chi connectivity index (χ0) is 14.8. The Bertz CT molecular complexity index is 530. The zero-order valence-corrected chi connectivity index (χ0v) is 11.6. The van der Waals surface area contributed by atoms with Crippen LogP contribution in [0.15, 0.2) is 24.3 Å². The Morgan fingerprint density at radius 3 is 2.80 bits per heavy atom. The van der Waals surface area contributed by atoms with Crippen LogP contribution in [0.25, 0.3) is 0 Å². The number of carboxylic acid groups (broad SMARTS) is 1. The molecule has 0 spiro atoms. The second-order valence-electron chi connectivity index (χ2n) is 5.52. The van der Waals surface area contributed by atoms with Gasteiger partial charge in [-0.1, -0.05) is 29.8 Å². The van der Waals surface area contributed by atoms with Crippen molar-refractivity contribution in [2.45, 2.75) is 31.7 Å². The molecule has 5 heteroatoms. The summed E-state index contributed by atoms with van der Waals surface area (Å²) in [5.41, 5.74) is 6.77. The Labute approximate surface area is 118 Å². The third kappa shape index (κ3) is 3.17. The van der Waals surface area contributed by atoms with Gasteiger partial charge in [-0.25, -0.2) is 0 Å². The molecule has 5 nitrogen and oxygen atoms in total. The molecule has 108 valence electrons. The average Bonchev–Trinajstić information content (AvgIpc) is 2.80. The molecule has 1 fully saturated rings. The van der Waals surface area contributed by atoms with Crippen LogP contribution in [-0.4, -0.2) is 40.5 Å². The molecule has 20 heavy (non-hydrogen) atoms. The van der Waals surface area contributed by atoms with E-state index in [9.17, 15) is 9.59 Å². The molecule has 3 N–H and O–H groups in total. The maximum atomic E-state index is 12.1. The minimum Gasteiger partial charge on any atom is -0.480 e. The lowest BCUT2D eigenvalue weighted by atomic mass is 10.0. The third-order valence-electron chi connectivity index (χ3n) is 3.79. The minimum atomic E-state index is -1.28. The first-order valence-electron chi connectivity index (χ1n) is 6.76. The summed E-state index contributed by atoms with van der Waals surface area (Å²) in [6, 6.07) is 8.04. The van der Waals surface area contributed by atoms with Gasteiger partial charge in [-0.3, -0.25) is 9.59 Å². The number of aryl methyl sites for hydroxylation is 2. The van der Waals surface area contributed by atoms with Crippen molar-refractivity contribution in [2.75, 3.05) is 13.1 Å². The summed E-state index contributed by atoms with van der Waals surface area (Å²) >= 11 is 0. The van der Waals surface area contributed by atoms with Crippen LogP contribution < -0.4 is 5.73 Å². The molecule has 1 atom stereocenters. The van der Waals surface area contributed by atoms with E-state index >= 15 is 0 Å². The first kappa shape index (κ1) is 14.5. The summed E-state index contributed by atoms with van der Waals surface area (Å²) < 4.78 is 0. The third-order valence-corrected chi connectivity index (χ3v) is 3.79. The van der Waals surface area contributed by atoms with Gasteiger partial charge >= 0.3 is 5.97 Å². The summed E-state index contributed by atoms with van der Waals surface area (Å²) in [6.45, 7) is 2.55. The van der Waals surface area contributed by atoms with Crippen molar-refractivity contribution in [2.24, 2.45) is 5.73 Å². The van der Waals surface area contributed by atoms with Crippen LogP contribution in [0.1, 0.15) is 24.0 Å². The standard InChI is InChI=1S/C15H20N2O3/c1-11-3-2-4-12(9-11)5-6-13(18)17-8-7-15(16,10-17)14(19)20/h2-4,9H,5-8,10,16H2,1H3,(H,19,20). The summed E-state index contributed by atoms with van der Waals surface area (Å²) in [5, 5.41) is 9.05. The predicted molar refractivity (Wildman–Crippen MR) is 75.3 cm³/mol. The lowest BCUT2D eigenvalue weighted by molar-refractivity contribution is -0.143. The van der Waals surface area contributed by atoms with E-state index in [2.05, 4.69) is 6.07 Å². The SMILES string of the molecule is Cc1cccc(CCC(=O)N2CCC(N)(C(=O)O)C2)c1. The Kier molecular flexibility index (Phi) is 4.09. The molecule has 2 rings (SSSR count). The van der Waals surface area contributed by atoms with Gasteiger partial charge in [-0.05, 0) is 25.3 Å². The van der Waals surface area contributed by atoms with Crippen LogP contribution in [0.5, 0.6) is 0 Å². The number of amides is 1. The zero-order valence-electron chi connectivity index (χ0n) is 11.6. The maximum Gasteiger partial charge on any atom is 0.325 e. The molecule has 0 saturated carbocycles. The van der Waals surface area contributed by atoms with Crippen molar-refractivity contribution in [1.29, 1.82) is 0 Å². The van der Waals surface area contributed by atoms with Gasteiger partial charge in [-0.2, -0.15) is 0 Å². The van der Waals surface area contributed by atoms with Crippen molar-refractivity contribution < 1.29 is 14.7 Å². The molecule has 1 aromatic rings. The molecule has 1 heterocycles. The number of carboxylic acids is 1. The number of hydrogen-bond acceptors (Lipinski definition) is 3. The average molecular weight is 276 g/mol. The number of aliphatic carboxylic acids is 1. The van der Waals surface area contributed by atoms with Gasteiger partial charge in [0.1, 0.15) is 5.54 Å². The number of rotatable bonds is 4. The molecule has 1 saturated heterocycles. The number of hydrogen-bond donors (Lipinski definition) is 2. The number of nitrogens with two attached hydrogens (primary N) is 1. The Balaban J connectivity index is 1.89. The van der Waals surface area contributed by atoms with E-state index in [-0.39, 0.29) is 12.5 Å². The second-order valence-corrected chi connectivity index (χ2v) is 5.52. The smallest absolute Gasteiger partial charge is 0.325 e. The van der Waals surface area contributed by atoms with Gasteiger partial charge < -0.3 is 15.7 Å². The fourth-order valence-electron chi connectivity index (χ4n) is 2.50. The number of nitrogens with zero attached hydrogens (tertiary/aromatic N) is 1. The van der Waals surface area contributed by atoms with E-state index in [1.165, 1.54) is 5.56 Å². The molecular formula is C15H20N2O3. The van der Waals surface area contributed by atoms with Gasteiger partial charge in [-0.15, -0.1) is 0 Å². The number of carbonyl (C=O) groups is 2. The fourth-order valence-corrected chi connectivity index (χ4v) is 2.50. The topological polar surface area (TPSA) is 83.6 Å². The molecular weight excluding hydrogens is 256 g/mol. The number of likely N-dealkylation sites (tertiary alicyclic amines) is 1. The van der Waals surface area contributed by atoms with Crippen molar-refractivity contribution >= 4 is 11.9 Å². The highest BCUT2D eigenvalue weighted by Gasteiger charge is 2.42. The summed E-state index contributed by atoms with van der Waals surface area (Å²) in [7, 11) is 0. The van der Waals surface area contributed by atoms with Gasteiger partial charge in [0, 0.05) is 19.5 Å². The first-order valence-corrected chi connectivity index (χ1v) is 6.76. The van der Waals surface area contributed by atoms with Crippen LogP contribution in [0.4, 0.5) is 0 Å². The Morgan fingerprint density at radius 1 is 1.45 bits per heavy atom. The van der Waals surface area contributed by atoms with Crippen LogP contribution in [0.3, 0.4) is 0 Å². The fraction of sp³-hybridized carbons (Fsp3) is 0.467. The predicted octanol–water partition coefficient (Wildman–Crippen LogP) is 0.942. The quantitative estimate of drug-likeness (QED) is 0.857. The largest absolute Gasteiger partial charge is 0.480 e. The molecule has 0 aromatic heterocycles. The highest BCUT2D eigenvalue weighted by Crippen LogP contribution is 2.20. The van der Waals surface area contributed by atoms with Crippen molar-refractivity contribution in [3.05, 3.63) is 35.4 Å². The number of carbonyl (C=O) groups excluding carboxylic acids is 1. The molecule has 1 aromatic carbocycles. The maximum absolute atomic E-state index is 12.1. The van der Waals surface area contributed by atoms with Crippen LogP contribution in [0, 0.1) is 6.92 Å². The van der Waals surface area contributed by atoms with Gasteiger partial charge in [0.15, 0.2) is 0 Å². The summed E-state index contributed by atoms with van der Waals surface area (Å²) in [6.07, 6.45) is 1.37. The van der Waals surface area contributed by atoms with Crippen LogP contribution in [-0.2, 0) is 16.0 Å². The van der Waals surface area contributed by atoms with E-state index < -0.39 is 11.5 Å². The van der Waals surface area contributed by atoms with E-state index in [4.69, 9.17) is 10.8 Å². The number of benzene rings is 1. The second kappa shape index (κ2) is 5.63. The minimum absolute atomic E-state index is 0.0277. The molecule has 0 bridgehead atoms. The van der Waals surface area contributed by atoms with E-state index in [1.54, 1.807) is 4.90 Å². The molecule has 0 radical (unpaired) electrons. The molecule has 0 aliphatic carbocycles. The monoisotopic (exact) mass is 276 g/mol. The van der Waals surface area contributed by atoms with Crippen molar-refractivity contribution in [1.82, 2.24) is 4.90 Å². The molecule has 1 amide bonds. The van der Waals surface area contributed by atoms with Crippen molar-refractivity contribution in [3.8, 4) is 0 Å². The lowest BCUT2D eigenvalue weighted by Crippen LogP contribution is -2.50. The highest BCUT2D eigenvalue weighted by molar-refractivity contribution is 5.83. The Hall–Kier alpha value is -1.88. The van der Waals surface area contributed by atoms with Crippen LogP contribution >= 0.6 is 0 Å². The van der Waals surface area contributed by atoms with Gasteiger partial charge in [0.25, 0.3) is 0 Å². The summed E-state index contributed by atoms with van der Waals surface area (Å²) in [4.78, 5) is 24.7. The van der Waals surface area contributed by atoms with Crippen LogP contribution in [0.2, 0.25) is 0 Å². The first-order chi connectivity index (χ1) is 9.40. The van der Waals surface area contributed by atoms with Gasteiger partial charge in [0.05, 0.1) is 0 Å². The van der Waals surface area contributed by atoms with Crippen molar-refractivity contribution in [3.63, 3.8) is 0 Å².